The smallest absolute Gasteiger partial charge is 0.246 e. The zero-order valence-corrected chi connectivity index (χ0v) is 13.6. The average Bonchev–Trinajstić information content (AvgIpc) is 3.00. The van der Waals surface area contributed by atoms with Gasteiger partial charge in [0.15, 0.2) is 0 Å². The Labute approximate surface area is 137 Å². The van der Waals surface area contributed by atoms with Crippen molar-refractivity contribution in [2.75, 3.05) is 44.7 Å². The lowest BCUT2D eigenvalue weighted by Crippen LogP contribution is -2.46. The van der Waals surface area contributed by atoms with Crippen LogP contribution in [0.1, 0.15) is 18.4 Å². The van der Waals surface area contributed by atoms with Crippen LogP contribution in [0.4, 0.5) is 5.69 Å². The van der Waals surface area contributed by atoms with Gasteiger partial charge in [0.05, 0.1) is 0 Å². The van der Waals surface area contributed by atoms with E-state index in [1.165, 1.54) is 0 Å². The SMILES string of the molecule is CN1CCN(C(=O)/C=C/c2ccc(N3CCCC3=O)cc2)CC1. The molecule has 0 unspecified atom stereocenters. The molecule has 122 valence electrons. The van der Waals surface area contributed by atoms with Crippen molar-refractivity contribution in [1.29, 1.82) is 0 Å². The van der Waals surface area contributed by atoms with Gasteiger partial charge in [-0.05, 0) is 37.2 Å². The van der Waals surface area contributed by atoms with Gasteiger partial charge in [-0.1, -0.05) is 12.1 Å². The van der Waals surface area contributed by atoms with E-state index in [2.05, 4.69) is 11.9 Å². The molecule has 3 rings (SSSR count). The highest BCUT2D eigenvalue weighted by Crippen LogP contribution is 2.21. The number of likely N-dealkylation sites (N-methyl/N-ethyl adjacent to an activating group) is 1. The lowest BCUT2D eigenvalue weighted by molar-refractivity contribution is -0.127. The number of hydrogen-bond acceptors (Lipinski definition) is 3. The molecule has 0 atom stereocenters. The lowest BCUT2D eigenvalue weighted by atomic mass is 10.1. The third-order valence-corrected chi connectivity index (χ3v) is 4.51. The molecule has 2 amide bonds. The Hall–Kier alpha value is -2.14. The largest absolute Gasteiger partial charge is 0.337 e. The second-order valence-corrected chi connectivity index (χ2v) is 6.20. The Balaban J connectivity index is 1.59. The van der Waals surface area contributed by atoms with E-state index in [-0.39, 0.29) is 11.8 Å². The molecule has 0 radical (unpaired) electrons. The predicted octanol–water partition coefficient (Wildman–Crippen LogP) is 1.60. The van der Waals surface area contributed by atoms with E-state index in [4.69, 9.17) is 0 Å². The minimum Gasteiger partial charge on any atom is -0.337 e. The molecule has 0 aromatic heterocycles. The summed E-state index contributed by atoms with van der Waals surface area (Å²) >= 11 is 0. The molecule has 0 bridgehead atoms. The van der Waals surface area contributed by atoms with E-state index in [9.17, 15) is 9.59 Å². The molecular formula is C18H23N3O2. The van der Waals surface area contributed by atoms with E-state index in [1.807, 2.05) is 40.1 Å². The third kappa shape index (κ3) is 3.79. The monoisotopic (exact) mass is 313 g/mol. The van der Waals surface area contributed by atoms with Gasteiger partial charge in [-0.3, -0.25) is 9.59 Å². The number of carbonyl (C=O) groups excluding carboxylic acids is 2. The highest BCUT2D eigenvalue weighted by molar-refractivity contribution is 5.95. The summed E-state index contributed by atoms with van der Waals surface area (Å²) in [4.78, 5) is 29.8. The zero-order valence-electron chi connectivity index (χ0n) is 13.6. The van der Waals surface area contributed by atoms with E-state index in [0.29, 0.717) is 6.42 Å². The standard InChI is InChI=1S/C18H23N3O2/c1-19-11-13-20(14-12-19)17(22)9-6-15-4-7-16(8-5-15)21-10-2-3-18(21)23/h4-9H,2-3,10-14H2,1H3/b9-6+. The maximum atomic E-state index is 12.2. The van der Waals surface area contributed by atoms with Crippen LogP contribution in [0, 0.1) is 0 Å². The van der Waals surface area contributed by atoms with Crippen LogP contribution < -0.4 is 4.90 Å². The molecule has 2 aliphatic heterocycles. The van der Waals surface area contributed by atoms with Gasteiger partial charge in [0.25, 0.3) is 0 Å². The summed E-state index contributed by atoms with van der Waals surface area (Å²) in [6, 6.07) is 7.80. The summed E-state index contributed by atoms with van der Waals surface area (Å²) in [5, 5.41) is 0. The molecule has 0 saturated carbocycles. The van der Waals surface area contributed by atoms with Gasteiger partial charge in [0.2, 0.25) is 11.8 Å². The first kappa shape index (κ1) is 15.7. The minimum absolute atomic E-state index is 0.0666. The molecule has 2 fully saturated rings. The van der Waals surface area contributed by atoms with Crippen LogP contribution in [-0.4, -0.2) is 61.4 Å². The lowest BCUT2D eigenvalue weighted by Gasteiger charge is -2.31. The van der Waals surface area contributed by atoms with Crippen molar-refractivity contribution >= 4 is 23.6 Å². The summed E-state index contributed by atoms with van der Waals surface area (Å²) in [6.45, 7) is 4.23. The molecule has 0 aliphatic carbocycles. The zero-order chi connectivity index (χ0) is 16.2. The van der Waals surface area contributed by atoms with Crippen LogP contribution in [0.25, 0.3) is 6.08 Å². The number of anilines is 1. The van der Waals surface area contributed by atoms with Crippen molar-refractivity contribution in [2.24, 2.45) is 0 Å². The Bertz CT molecular complexity index is 601. The van der Waals surface area contributed by atoms with Crippen LogP contribution >= 0.6 is 0 Å². The van der Waals surface area contributed by atoms with E-state index >= 15 is 0 Å². The third-order valence-electron chi connectivity index (χ3n) is 4.51. The van der Waals surface area contributed by atoms with Crippen LogP contribution in [0.3, 0.4) is 0 Å². The summed E-state index contributed by atoms with van der Waals surface area (Å²) in [6.07, 6.45) is 5.05. The fourth-order valence-electron chi connectivity index (χ4n) is 2.99. The molecule has 2 aliphatic rings. The fraction of sp³-hybridized carbons (Fsp3) is 0.444. The van der Waals surface area contributed by atoms with Gasteiger partial charge in [0.1, 0.15) is 0 Å². The maximum absolute atomic E-state index is 12.2. The number of benzene rings is 1. The second-order valence-electron chi connectivity index (χ2n) is 6.20. The highest BCUT2D eigenvalue weighted by Gasteiger charge is 2.21. The first-order chi connectivity index (χ1) is 11.1. The normalized spacial score (nSPS) is 19.8. The van der Waals surface area contributed by atoms with Crippen LogP contribution in [0.5, 0.6) is 0 Å². The molecule has 0 N–H and O–H groups in total. The Morgan fingerprint density at radius 1 is 1.04 bits per heavy atom. The van der Waals surface area contributed by atoms with Crippen molar-refractivity contribution in [2.45, 2.75) is 12.8 Å². The van der Waals surface area contributed by atoms with E-state index in [0.717, 1.165) is 50.4 Å². The molecular weight excluding hydrogens is 290 g/mol. The Morgan fingerprint density at radius 2 is 1.74 bits per heavy atom. The number of piperazine rings is 1. The number of carbonyl (C=O) groups is 2. The number of rotatable bonds is 3. The van der Waals surface area contributed by atoms with Gasteiger partial charge in [-0.2, -0.15) is 0 Å². The van der Waals surface area contributed by atoms with Crippen molar-refractivity contribution in [3.05, 3.63) is 35.9 Å². The quantitative estimate of drug-likeness (QED) is 0.796. The molecule has 5 nitrogen and oxygen atoms in total. The number of amides is 2. The van der Waals surface area contributed by atoms with E-state index in [1.54, 1.807) is 6.08 Å². The minimum atomic E-state index is 0.0666. The van der Waals surface area contributed by atoms with Crippen molar-refractivity contribution < 1.29 is 9.59 Å². The second kappa shape index (κ2) is 6.96. The highest BCUT2D eigenvalue weighted by atomic mass is 16.2. The van der Waals surface area contributed by atoms with Gasteiger partial charge in [-0.15, -0.1) is 0 Å². The molecule has 5 heteroatoms. The van der Waals surface area contributed by atoms with Crippen LogP contribution in [-0.2, 0) is 9.59 Å². The molecule has 2 saturated heterocycles. The Morgan fingerprint density at radius 3 is 2.35 bits per heavy atom. The Kier molecular flexibility index (Phi) is 4.76. The van der Waals surface area contributed by atoms with Crippen molar-refractivity contribution in [3.8, 4) is 0 Å². The molecule has 0 spiro atoms. The molecule has 1 aromatic rings. The molecule has 2 heterocycles. The molecule has 1 aromatic carbocycles. The predicted molar refractivity (Wildman–Crippen MR) is 91.1 cm³/mol. The number of hydrogen-bond donors (Lipinski definition) is 0. The van der Waals surface area contributed by atoms with Gasteiger partial charge in [-0.25, -0.2) is 0 Å². The topological polar surface area (TPSA) is 43.9 Å². The van der Waals surface area contributed by atoms with Crippen LogP contribution in [0.15, 0.2) is 30.3 Å². The summed E-state index contributed by atoms with van der Waals surface area (Å²) in [7, 11) is 2.07. The number of nitrogens with zero attached hydrogens (tertiary/aromatic N) is 3. The summed E-state index contributed by atoms with van der Waals surface area (Å²) in [5.41, 5.74) is 1.91. The van der Waals surface area contributed by atoms with Gasteiger partial charge in [0, 0.05) is 50.9 Å². The first-order valence-corrected chi connectivity index (χ1v) is 8.19. The van der Waals surface area contributed by atoms with Gasteiger partial charge >= 0.3 is 0 Å². The van der Waals surface area contributed by atoms with Gasteiger partial charge < -0.3 is 14.7 Å². The van der Waals surface area contributed by atoms with Crippen LogP contribution in [0.2, 0.25) is 0 Å². The maximum Gasteiger partial charge on any atom is 0.246 e. The molecule has 23 heavy (non-hydrogen) atoms. The first-order valence-electron chi connectivity index (χ1n) is 8.19. The van der Waals surface area contributed by atoms with Crippen molar-refractivity contribution in [1.82, 2.24) is 9.80 Å². The van der Waals surface area contributed by atoms with E-state index < -0.39 is 0 Å². The average molecular weight is 313 g/mol. The summed E-state index contributed by atoms with van der Waals surface area (Å²) in [5.74, 6) is 0.260. The van der Waals surface area contributed by atoms with Crippen molar-refractivity contribution in [3.63, 3.8) is 0 Å². The summed E-state index contributed by atoms with van der Waals surface area (Å²) < 4.78 is 0. The fourth-order valence-corrected chi connectivity index (χ4v) is 2.99.